The van der Waals surface area contributed by atoms with Gasteiger partial charge in [-0.15, -0.1) is 0 Å². The summed E-state index contributed by atoms with van der Waals surface area (Å²) in [4.78, 5) is 29.8. The number of carbonyl (C=O) groups is 2. The van der Waals surface area contributed by atoms with Gasteiger partial charge >= 0.3 is 0 Å². The third kappa shape index (κ3) is 7.26. The number of halogens is 2. The molecule has 1 aliphatic rings. The fourth-order valence-corrected chi connectivity index (χ4v) is 7.75. The van der Waals surface area contributed by atoms with Crippen molar-refractivity contribution in [3.05, 3.63) is 99.2 Å². The van der Waals surface area contributed by atoms with Crippen LogP contribution in [0.5, 0.6) is 5.75 Å². The first-order valence-corrected chi connectivity index (χ1v) is 16.8. The third-order valence-corrected chi connectivity index (χ3v) is 10.5. The molecule has 2 amide bonds. The van der Waals surface area contributed by atoms with E-state index in [0.717, 1.165) is 11.1 Å². The van der Waals surface area contributed by atoms with Crippen LogP contribution in [-0.2, 0) is 21.4 Å². The summed E-state index contributed by atoms with van der Waals surface area (Å²) in [6.45, 7) is 2.48. The van der Waals surface area contributed by atoms with Gasteiger partial charge in [-0.1, -0.05) is 41.4 Å². The highest BCUT2D eigenvalue weighted by molar-refractivity contribution is 7.89. The minimum Gasteiger partial charge on any atom is -0.487 e. The first-order chi connectivity index (χ1) is 22.1. The van der Waals surface area contributed by atoms with Crippen LogP contribution in [0.15, 0.2) is 71.6 Å². The van der Waals surface area contributed by atoms with E-state index in [2.05, 4.69) is 15.6 Å². The van der Waals surface area contributed by atoms with E-state index in [0.29, 0.717) is 53.8 Å². The Hall–Kier alpha value is -4.21. The topological polar surface area (TPSA) is 141 Å². The summed E-state index contributed by atoms with van der Waals surface area (Å²) in [5.41, 5.74) is 2.67. The van der Waals surface area contributed by atoms with E-state index in [1.807, 2.05) is 37.3 Å². The predicted molar refractivity (Wildman–Crippen MR) is 175 cm³/mol. The van der Waals surface area contributed by atoms with E-state index >= 15 is 0 Å². The number of nitriles is 1. The van der Waals surface area contributed by atoms with Crippen molar-refractivity contribution in [2.24, 2.45) is 0 Å². The Morgan fingerprint density at radius 1 is 1.04 bits per heavy atom. The summed E-state index contributed by atoms with van der Waals surface area (Å²) in [7, 11) is -4.17. The molecule has 46 heavy (non-hydrogen) atoms. The van der Waals surface area contributed by atoms with Gasteiger partial charge in [0.05, 0.1) is 16.7 Å². The average Bonchev–Trinajstić information content (AvgIpc) is 3.56. The Morgan fingerprint density at radius 3 is 2.57 bits per heavy atom. The summed E-state index contributed by atoms with van der Waals surface area (Å²) >= 11 is 13.1. The first-order valence-electron chi connectivity index (χ1n) is 14.6. The normalized spacial score (nSPS) is 15.0. The van der Waals surface area contributed by atoms with Crippen LogP contribution in [-0.4, -0.2) is 55.2 Å². The monoisotopic (exact) mass is 679 g/mol. The van der Waals surface area contributed by atoms with Gasteiger partial charge in [-0.3, -0.25) is 9.59 Å². The standard InChI is InChI=1S/C33H31Cl2N5O5S/c1-21-8-11-23-5-2-7-28(31(23)39-21)45-20-25-26(34)14-15-29(30(25)35)46(43,44)40-18-3-6-27(40)33(42)38-17-4-16-37-32(41)24-12-9-22(19-36)10-13-24/h2,5,7-15,27H,3-4,6,16-18,20H2,1H3,(H,37,41)(H,38,42)/t27-/m0/s1. The number of ether oxygens (including phenoxy) is 1. The van der Waals surface area contributed by atoms with Crippen molar-refractivity contribution < 1.29 is 22.7 Å². The van der Waals surface area contributed by atoms with Crippen LogP contribution < -0.4 is 15.4 Å². The number of hydrogen-bond donors (Lipinski definition) is 2. The quantitative estimate of drug-likeness (QED) is 0.203. The molecule has 0 spiro atoms. The third-order valence-electron chi connectivity index (χ3n) is 7.65. The Bertz CT molecular complexity index is 1930. The molecule has 238 valence electrons. The van der Waals surface area contributed by atoms with Gasteiger partial charge in [0, 0.05) is 46.9 Å². The lowest BCUT2D eigenvalue weighted by atomic mass is 10.1. The van der Waals surface area contributed by atoms with Crippen LogP contribution in [0.1, 0.15) is 46.4 Å². The van der Waals surface area contributed by atoms with Gasteiger partial charge in [-0.2, -0.15) is 9.57 Å². The second-order valence-corrected chi connectivity index (χ2v) is 13.4. The number of aryl methyl sites for hydroxylation is 1. The smallest absolute Gasteiger partial charge is 0.251 e. The maximum Gasteiger partial charge on any atom is 0.251 e. The highest BCUT2D eigenvalue weighted by Gasteiger charge is 2.40. The number of rotatable bonds is 11. The van der Waals surface area contributed by atoms with Crippen LogP contribution >= 0.6 is 23.2 Å². The molecule has 10 nitrogen and oxygen atoms in total. The van der Waals surface area contributed by atoms with Gasteiger partial charge in [0.2, 0.25) is 15.9 Å². The molecule has 2 heterocycles. The fraction of sp³-hybridized carbons (Fsp3) is 0.273. The van der Waals surface area contributed by atoms with Crippen LogP contribution in [0.4, 0.5) is 0 Å². The van der Waals surface area contributed by atoms with Crippen molar-refractivity contribution >= 4 is 55.9 Å². The van der Waals surface area contributed by atoms with Crippen molar-refractivity contribution in [3.63, 3.8) is 0 Å². The number of nitrogens with zero attached hydrogens (tertiary/aromatic N) is 3. The fourth-order valence-electron chi connectivity index (χ4n) is 5.23. The summed E-state index contributed by atoms with van der Waals surface area (Å²) in [6, 6.07) is 19.5. The van der Waals surface area contributed by atoms with E-state index < -0.39 is 22.0 Å². The van der Waals surface area contributed by atoms with E-state index in [9.17, 15) is 18.0 Å². The zero-order valence-corrected chi connectivity index (χ0v) is 27.3. The summed E-state index contributed by atoms with van der Waals surface area (Å²) < 4.78 is 34.9. The second kappa shape index (κ2) is 14.5. The minimum atomic E-state index is -4.17. The zero-order valence-electron chi connectivity index (χ0n) is 24.9. The Kier molecular flexibility index (Phi) is 10.4. The van der Waals surface area contributed by atoms with Gasteiger partial charge < -0.3 is 15.4 Å². The molecule has 1 aromatic heterocycles. The molecule has 3 aromatic carbocycles. The lowest BCUT2D eigenvalue weighted by Crippen LogP contribution is -2.46. The summed E-state index contributed by atoms with van der Waals surface area (Å²) in [5.74, 6) is -0.212. The number of benzene rings is 3. The van der Waals surface area contributed by atoms with Gasteiger partial charge in [-0.25, -0.2) is 13.4 Å². The maximum atomic E-state index is 13.8. The maximum absolute atomic E-state index is 13.8. The number of fused-ring (bicyclic) bond motifs is 1. The molecule has 0 radical (unpaired) electrons. The van der Waals surface area contributed by atoms with Crippen LogP contribution in [0, 0.1) is 18.3 Å². The minimum absolute atomic E-state index is 0.0686. The van der Waals surface area contributed by atoms with Gasteiger partial charge in [0.15, 0.2) is 0 Å². The van der Waals surface area contributed by atoms with Crippen molar-refractivity contribution in [2.45, 2.75) is 43.7 Å². The summed E-state index contributed by atoms with van der Waals surface area (Å²) in [5, 5.41) is 15.5. The molecule has 2 N–H and O–H groups in total. The number of pyridine rings is 1. The number of hydrogen-bond acceptors (Lipinski definition) is 7. The largest absolute Gasteiger partial charge is 0.487 e. The second-order valence-electron chi connectivity index (χ2n) is 10.8. The molecule has 1 atom stereocenters. The summed E-state index contributed by atoms with van der Waals surface area (Å²) in [6.07, 6.45) is 1.30. The molecule has 1 aliphatic heterocycles. The van der Waals surface area contributed by atoms with Gasteiger partial charge in [-0.05, 0) is 74.7 Å². The zero-order chi connectivity index (χ0) is 32.8. The molecule has 0 unspecified atom stereocenters. The van der Waals surface area contributed by atoms with Crippen LogP contribution in [0.2, 0.25) is 10.0 Å². The first kappa shape index (κ1) is 33.2. The molecule has 1 fully saturated rings. The predicted octanol–water partition coefficient (Wildman–Crippen LogP) is 5.39. The molecule has 0 bridgehead atoms. The number of carbonyl (C=O) groups excluding carboxylic acids is 2. The molecule has 5 rings (SSSR count). The molecule has 13 heteroatoms. The molecule has 1 saturated heterocycles. The number of para-hydroxylation sites is 1. The molecule has 4 aromatic rings. The van der Waals surface area contributed by atoms with Crippen molar-refractivity contribution in [2.75, 3.05) is 19.6 Å². The Balaban J connectivity index is 1.21. The average molecular weight is 681 g/mol. The molecular weight excluding hydrogens is 649 g/mol. The Morgan fingerprint density at radius 2 is 1.80 bits per heavy atom. The number of sulfonamides is 1. The van der Waals surface area contributed by atoms with Gasteiger partial charge in [0.25, 0.3) is 5.91 Å². The molecule has 0 aliphatic carbocycles. The SMILES string of the molecule is Cc1ccc2cccc(OCc3c(Cl)ccc(S(=O)(=O)N4CCC[C@H]4C(=O)NCCCNC(=O)c4ccc(C#N)cc4)c3Cl)c2n1. The van der Waals surface area contributed by atoms with Gasteiger partial charge in [0.1, 0.15) is 28.8 Å². The lowest BCUT2D eigenvalue weighted by Gasteiger charge is -2.24. The number of nitrogens with one attached hydrogen (secondary N) is 2. The van der Waals surface area contributed by atoms with Crippen LogP contribution in [0.3, 0.4) is 0 Å². The van der Waals surface area contributed by atoms with Crippen molar-refractivity contribution in [1.82, 2.24) is 19.9 Å². The van der Waals surface area contributed by atoms with Crippen molar-refractivity contribution in [3.8, 4) is 11.8 Å². The highest BCUT2D eigenvalue weighted by atomic mass is 35.5. The van der Waals surface area contributed by atoms with E-state index in [-0.39, 0.29) is 40.5 Å². The van der Waals surface area contributed by atoms with Crippen molar-refractivity contribution in [1.29, 1.82) is 5.26 Å². The van der Waals surface area contributed by atoms with Crippen LogP contribution in [0.25, 0.3) is 10.9 Å². The Labute approximate surface area is 277 Å². The van der Waals surface area contributed by atoms with E-state index in [1.54, 1.807) is 30.3 Å². The van der Waals surface area contributed by atoms with E-state index in [4.69, 9.17) is 33.2 Å². The molecule has 0 saturated carbocycles. The van der Waals surface area contributed by atoms with E-state index in [1.165, 1.54) is 16.4 Å². The number of aromatic nitrogens is 1. The highest BCUT2D eigenvalue weighted by Crippen LogP contribution is 2.36. The lowest BCUT2D eigenvalue weighted by molar-refractivity contribution is -0.124. The number of amides is 2. The molecular formula is C33H31Cl2N5O5S.